The molecular formula is C17H18N2O. The van der Waals surface area contributed by atoms with Crippen molar-refractivity contribution >= 4 is 0 Å². The van der Waals surface area contributed by atoms with Crippen LogP contribution in [0.2, 0.25) is 0 Å². The summed E-state index contributed by atoms with van der Waals surface area (Å²) in [4.78, 5) is 0. The maximum Gasteiger partial charge on any atom is 0.0998 e. The second-order valence-corrected chi connectivity index (χ2v) is 4.52. The van der Waals surface area contributed by atoms with Crippen molar-refractivity contribution in [3.8, 4) is 17.2 Å². The summed E-state index contributed by atoms with van der Waals surface area (Å²) in [6, 6.07) is 18.2. The summed E-state index contributed by atoms with van der Waals surface area (Å²) in [5, 5.41) is 12.4. The number of benzene rings is 2. The van der Waals surface area contributed by atoms with E-state index in [2.05, 4.69) is 35.7 Å². The molecule has 0 spiro atoms. The molecule has 0 fully saturated rings. The Morgan fingerprint density at radius 3 is 2.55 bits per heavy atom. The Balaban J connectivity index is 2.06. The summed E-state index contributed by atoms with van der Waals surface area (Å²) in [5.41, 5.74) is 3.98. The number of hydrogen-bond donors (Lipinski definition) is 1. The zero-order valence-corrected chi connectivity index (χ0v) is 11.6. The molecule has 0 aromatic heterocycles. The summed E-state index contributed by atoms with van der Waals surface area (Å²) in [6.07, 6.45) is 0. The highest BCUT2D eigenvalue weighted by molar-refractivity contribution is 5.70. The molecule has 0 unspecified atom stereocenters. The van der Waals surface area contributed by atoms with Crippen LogP contribution in [0.25, 0.3) is 11.1 Å². The fourth-order valence-corrected chi connectivity index (χ4v) is 2.04. The van der Waals surface area contributed by atoms with E-state index >= 15 is 0 Å². The van der Waals surface area contributed by atoms with Crippen molar-refractivity contribution in [1.29, 1.82) is 5.26 Å². The van der Waals surface area contributed by atoms with Gasteiger partial charge in [-0.05, 0) is 22.8 Å². The van der Waals surface area contributed by atoms with Crippen LogP contribution in [0, 0.1) is 11.3 Å². The zero-order valence-electron chi connectivity index (χ0n) is 11.6. The Kier molecular flexibility index (Phi) is 5.31. The minimum atomic E-state index is 0.707. The van der Waals surface area contributed by atoms with Crippen LogP contribution in [0.4, 0.5) is 0 Å². The first-order valence-corrected chi connectivity index (χ1v) is 6.63. The molecule has 102 valence electrons. The lowest BCUT2D eigenvalue weighted by atomic mass is 9.99. The summed E-state index contributed by atoms with van der Waals surface area (Å²) in [6.45, 7) is 2.38. The molecule has 2 aromatic carbocycles. The monoisotopic (exact) mass is 266 g/mol. The Morgan fingerprint density at radius 1 is 1.10 bits per heavy atom. The van der Waals surface area contributed by atoms with E-state index in [0.29, 0.717) is 12.2 Å². The van der Waals surface area contributed by atoms with E-state index in [4.69, 9.17) is 10.00 Å². The van der Waals surface area contributed by atoms with Crippen LogP contribution in [0.3, 0.4) is 0 Å². The molecular weight excluding hydrogens is 248 g/mol. The van der Waals surface area contributed by atoms with Gasteiger partial charge in [-0.2, -0.15) is 5.26 Å². The van der Waals surface area contributed by atoms with E-state index in [1.165, 1.54) is 5.56 Å². The fraction of sp³-hybridized carbons (Fsp3) is 0.235. The second kappa shape index (κ2) is 7.44. The van der Waals surface area contributed by atoms with Crippen LogP contribution in [0.1, 0.15) is 11.1 Å². The summed E-state index contributed by atoms with van der Waals surface area (Å²) < 4.78 is 4.99. The Morgan fingerprint density at radius 2 is 1.85 bits per heavy atom. The van der Waals surface area contributed by atoms with E-state index in [9.17, 15) is 0 Å². The molecule has 0 aliphatic heterocycles. The summed E-state index contributed by atoms with van der Waals surface area (Å²) >= 11 is 0. The minimum absolute atomic E-state index is 0.707. The topological polar surface area (TPSA) is 45.0 Å². The van der Waals surface area contributed by atoms with Gasteiger partial charge in [0, 0.05) is 20.2 Å². The van der Waals surface area contributed by atoms with Crippen molar-refractivity contribution in [3.63, 3.8) is 0 Å². The molecule has 0 saturated heterocycles. The van der Waals surface area contributed by atoms with Gasteiger partial charge in [-0.25, -0.2) is 0 Å². The van der Waals surface area contributed by atoms with Crippen molar-refractivity contribution in [2.45, 2.75) is 6.54 Å². The first-order chi connectivity index (χ1) is 9.85. The highest BCUT2D eigenvalue weighted by Crippen LogP contribution is 2.23. The summed E-state index contributed by atoms with van der Waals surface area (Å²) in [5.74, 6) is 0. The predicted molar refractivity (Wildman–Crippen MR) is 80.2 cm³/mol. The molecule has 2 aromatic rings. The van der Waals surface area contributed by atoms with Crippen molar-refractivity contribution in [1.82, 2.24) is 5.32 Å². The molecule has 3 nitrogen and oxygen atoms in total. The number of nitrogens with one attached hydrogen (secondary N) is 1. The molecule has 20 heavy (non-hydrogen) atoms. The molecule has 3 heteroatoms. The molecule has 0 bridgehead atoms. The standard InChI is InChI=1S/C17H18N2O/c1-20-11-10-19-13-14-6-8-15(9-7-14)17-5-3-2-4-16(17)12-18/h2-9,19H,10-11,13H2,1H3. The molecule has 0 aliphatic carbocycles. The second-order valence-electron chi connectivity index (χ2n) is 4.52. The molecule has 1 N–H and O–H groups in total. The molecule has 0 amide bonds. The van der Waals surface area contributed by atoms with E-state index in [1.807, 2.05) is 24.3 Å². The van der Waals surface area contributed by atoms with Gasteiger partial charge in [-0.3, -0.25) is 0 Å². The van der Waals surface area contributed by atoms with Gasteiger partial charge in [0.2, 0.25) is 0 Å². The quantitative estimate of drug-likeness (QED) is 0.818. The third-order valence-electron chi connectivity index (χ3n) is 3.12. The highest BCUT2D eigenvalue weighted by atomic mass is 16.5. The van der Waals surface area contributed by atoms with Crippen LogP contribution in [0.15, 0.2) is 48.5 Å². The zero-order chi connectivity index (χ0) is 14.2. The van der Waals surface area contributed by atoms with Gasteiger partial charge >= 0.3 is 0 Å². The average Bonchev–Trinajstić information content (AvgIpc) is 2.52. The number of methoxy groups -OCH3 is 1. The number of nitrogens with zero attached hydrogens (tertiary/aromatic N) is 1. The van der Waals surface area contributed by atoms with E-state index < -0.39 is 0 Å². The molecule has 2 rings (SSSR count). The highest BCUT2D eigenvalue weighted by Gasteiger charge is 2.03. The first kappa shape index (κ1) is 14.3. The largest absolute Gasteiger partial charge is 0.383 e. The van der Waals surface area contributed by atoms with Crippen molar-refractivity contribution in [2.75, 3.05) is 20.3 Å². The van der Waals surface area contributed by atoms with E-state index in [-0.39, 0.29) is 0 Å². The van der Waals surface area contributed by atoms with Gasteiger partial charge in [0.15, 0.2) is 0 Å². The normalized spacial score (nSPS) is 10.2. The number of hydrogen-bond acceptors (Lipinski definition) is 3. The fourth-order valence-electron chi connectivity index (χ4n) is 2.04. The number of rotatable bonds is 6. The lowest BCUT2D eigenvalue weighted by molar-refractivity contribution is 0.199. The van der Waals surface area contributed by atoms with Gasteiger partial charge < -0.3 is 10.1 Å². The van der Waals surface area contributed by atoms with Crippen LogP contribution < -0.4 is 5.32 Å². The minimum Gasteiger partial charge on any atom is -0.383 e. The molecule has 0 aliphatic rings. The van der Waals surface area contributed by atoms with E-state index in [0.717, 1.165) is 24.2 Å². The molecule has 0 radical (unpaired) electrons. The predicted octanol–water partition coefficient (Wildman–Crippen LogP) is 2.96. The van der Waals surface area contributed by atoms with Crippen LogP contribution in [-0.2, 0) is 11.3 Å². The Hall–Kier alpha value is -2.15. The smallest absolute Gasteiger partial charge is 0.0998 e. The molecule has 0 atom stereocenters. The lowest BCUT2D eigenvalue weighted by Crippen LogP contribution is -2.18. The van der Waals surface area contributed by atoms with Gasteiger partial charge in [0.25, 0.3) is 0 Å². The van der Waals surface area contributed by atoms with Crippen LogP contribution in [0.5, 0.6) is 0 Å². The third-order valence-corrected chi connectivity index (χ3v) is 3.12. The van der Waals surface area contributed by atoms with Crippen LogP contribution >= 0.6 is 0 Å². The molecule has 0 heterocycles. The van der Waals surface area contributed by atoms with E-state index in [1.54, 1.807) is 7.11 Å². The summed E-state index contributed by atoms with van der Waals surface area (Å²) in [7, 11) is 1.70. The van der Waals surface area contributed by atoms with Crippen molar-refractivity contribution in [2.24, 2.45) is 0 Å². The van der Waals surface area contributed by atoms with Crippen molar-refractivity contribution in [3.05, 3.63) is 59.7 Å². The third kappa shape index (κ3) is 3.67. The Bertz CT molecular complexity index is 585. The Labute approximate surface area is 119 Å². The first-order valence-electron chi connectivity index (χ1n) is 6.63. The number of nitriles is 1. The van der Waals surface area contributed by atoms with Crippen molar-refractivity contribution < 1.29 is 4.74 Å². The SMILES string of the molecule is COCCNCc1ccc(-c2ccccc2C#N)cc1. The van der Waals surface area contributed by atoms with Gasteiger partial charge in [-0.1, -0.05) is 42.5 Å². The van der Waals surface area contributed by atoms with Crippen LogP contribution in [-0.4, -0.2) is 20.3 Å². The maximum absolute atomic E-state index is 9.13. The number of ether oxygens (including phenoxy) is 1. The van der Waals surface area contributed by atoms with Gasteiger partial charge in [-0.15, -0.1) is 0 Å². The lowest BCUT2D eigenvalue weighted by Gasteiger charge is -2.07. The maximum atomic E-state index is 9.13. The van der Waals surface area contributed by atoms with Gasteiger partial charge in [0.1, 0.15) is 0 Å². The average molecular weight is 266 g/mol. The molecule has 0 saturated carbocycles. The van der Waals surface area contributed by atoms with Gasteiger partial charge in [0.05, 0.1) is 18.2 Å².